The summed E-state index contributed by atoms with van der Waals surface area (Å²) in [4.78, 5) is 20.3. The van der Waals surface area contributed by atoms with Crippen molar-refractivity contribution in [3.63, 3.8) is 0 Å². The number of halogens is 1. The lowest BCUT2D eigenvalue weighted by atomic mass is 10.1. The van der Waals surface area contributed by atoms with Crippen molar-refractivity contribution in [1.29, 1.82) is 0 Å². The third kappa shape index (κ3) is 5.21. The van der Waals surface area contributed by atoms with Gasteiger partial charge in [-0.25, -0.2) is 17.8 Å². The zero-order chi connectivity index (χ0) is 22.7. The molecule has 10 heteroatoms. The van der Waals surface area contributed by atoms with Gasteiger partial charge in [-0.3, -0.25) is 9.69 Å². The molecule has 0 radical (unpaired) electrons. The van der Waals surface area contributed by atoms with Crippen molar-refractivity contribution in [2.24, 2.45) is 0 Å². The molecule has 0 saturated carbocycles. The number of benzene rings is 2. The average Bonchev–Trinajstić information content (AvgIpc) is 3.16. The van der Waals surface area contributed by atoms with Crippen LogP contribution < -0.4 is 5.32 Å². The summed E-state index contributed by atoms with van der Waals surface area (Å²) in [7, 11) is -2.59. The zero-order valence-corrected chi connectivity index (χ0v) is 19.1. The number of thiazole rings is 1. The lowest BCUT2D eigenvalue weighted by molar-refractivity contribution is -0.116. The van der Waals surface area contributed by atoms with E-state index in [9.17, 15) is 17.6 Å². The largest absolute Gasteiger partial charge is 0.301 e. The van der Waals surface area contributed by atoms with Crippen LogP contribution in [-0.2, 0) is 34.3 Å². The van der Waals surface area contributed by atoms with Crippen LogP contribution >= 0.6 is 11.3 Å². The fourth-order valence-electron chi connectivity index (χ4n) is 3.51. The Hall–Kier alpha value is -2.66. The fraction of sp³-hybridized carbons (Fsp3) is 0.273. The van der Waals surface area contributed by atoms with Gasteiger partial charge in [0.1, 0.15) is 5.82 Å². The fourth-order valence-corrected chi connectivity index (χ4v) is 5.70. The van der Waals surface area contributed by atoms with E-state index in [4.69, 9.17) is 0 Å². The number of aromatic nitrogens is 1. The van der Waals surface area contributed by atoms with Gasteiger partial charge in [0.25, 0.3) is 0 Å². The number of nitrogens with one attached hydrogen (secondary N) is 1. The van der Waals surface area contributed by atoms with E-state index in [2.05, 4.69) is 27.3 Å². The molecule has 7 nitrogen and oxygen atoms in total. The van der Waals surface area contributed by atoms with Gasteiger partial charge in [0.2, 0.25) is 15.9 Å². The van der Waals surface area contributed by atoms with E-state index >= 15 is 0 Å². The predicted octanol–water partition coefficient (Wildman–Crippen LogP) is 3.10. The van der Waals surface area contributed by atoms with Gasteiger partial charge in [-0.1, -0.05) is 30.3 Å². The number of amides is 1. The summed E-state index contributed by atoms with van der Waals surface area (Å²) >= 11 is 1.42. The van der Waals surface area contributed by atoms with Crippen LogP contribution in [0.15, 0.2) is 59.5 Å². The highest BCUT2D eigenvalue weighted by atomic mass is 32.2. The molecule has 0 bridgehead atoms. The normalized spacial score (nSPS) is 14.3. The van der Waals surface area contributed by atoms with Gasteiger partial charge in [-0.2, -0.15) is 4.31 Å². The second-order valence-electron chi connectivity index (χ2n) is 7.60. The maximum Gasteiger partial charge on any atom is 0.243 e. The molecular weight excluding hydrogens is 451 g/mol. The number of hydrogen-bond donors (Lipinski definition) is 1. The van der Waals surface area contributed by atoms with E-state index in [0.717, 1.165) is 53.1 Å². The predicted molar refractivity (Wildman–Crippen MR) is 121 cm³/mol. The Balaban J connectivity index is 1.36. The number of anilines is 1. The quantitative estimate of drug-likeness (QED) is 0.569. The summed E-state index contributed by atoms with van der Waals surface area (Å²) in [6.07, 6.45) is 0.799. The van der Waals surface area contributed by atoms with Crippen molar-refractivity contribution in [3.8, 4) is 0 Å². The second kappa shape index (κ2) is 9.45. The molecule has 0 unspecified atom stereocenters. The molecule has 0 atom stereocenters. The molecule has 3 aromatic rings. The lowest BCUT2D eigenvalue weighted by Gasteiger charge is -2.25. The standard InChI is InChI=1S/C22H23FN4O3S2/c1-26(32(29,30)18-9-7-17(23)8-10-18)15-21(28)25-22-24-19-11-12-27(14-20(19)31-22)13-16-5-3-2-4-6-16/h2-10H,11-15H2,1H3,(H,24,25,28). The van der Waals surface area contributed by atoms with Gasteiger partial charge < -0.3 is 5.32 Å². The van der Waals surface area contributed by atoms with E-state index in [0.29, 0.717) is 5.13 Å². The van der Waals surface area contributed by atoms with Gasteiger partial charge >= 0.3 is 0 Å². The first-order valence-corrected chi connectivity index (χ1v) is 12.3. The monoisotopic (exact) mass is 474 g/mol. The molecule has 1 aliphatic heterocycles. The minimum absolute atomic E-state index is 0.0718. The minimum atomic E-state index is -3.90. The van der Waals surface area contributed by atoms with E-state index in [-0.39, 0.29) is 11.4 Å². The van der Waals surface area contributed by atoms with E-state index < -0.39 is 21.7 Å². The molecule has 0 fully saturated rings. The summed E-state index contributed by atoms with van der Waals surface area (Å²) in [5.41, 5.74) is 2.22. The summed E-state index contributed by atoms with van der Waals surface area (Å²) in [6, 6.07) is 14.7. The van der Waals surface area contributed by atoms with E-state index in [1.54, 1.807) is 0 Å². The highest BCUT2D eigenvalue weighted by Gasteiger charge is 2.25. The number of carbonyl (C=O) groups is 1. The third-order valence-corrected chi connectivity index (χ3v) is 8.01. The lowest BCUT2D eigenvalue weighted by Crippen LogP contribution is -2.34. The van der Waals surface area contributed by atoms with Crippen molar-refractivity contribution in [2.75, 3.05) is 25.5 Å². The Labute approximate surface area is 190 Å². The number of sulfonamides is 1. The van der Waals surface area contributed by atoms with Gasteiger partial charge in [-0.15, -0.1) is 11.3 Å². The van der Waals surface area contributed by atoms with E-state index in [1.807, 2.05) is 18.2 Å². The highest BCUT2D eigenvalue weighted by molar-refractivity contribution is 7.89. The number of likely N-dealkylation sites (N-methyl/N-ethyl adjacent to an activating group) is 1. The number of nitrogens with zero attached hydrogens (tertiary/aromatic N) is 3. The molecule has 2 heterocycles. The van der Waals surface area contributed by atoms with Crippen LogP contribution in [0.3, 0.4) is 0 Å². The molecule has 1 N–H and O–H groups in total. The molecular formula is C22H23FN4O3S2. The number of carbonyl (C=O) groups excluding carboxylic acids is 1. The Kier molecular flexibility index (Phi) is 6.66. The Bertz CT molecular complexity index is 1200. The number of fused-ring (bicyclic) bond motifs is 1. The topological polar surface area (TPSA) is 82.6 Å². The van der Waals surface area contributed by atoms with Crippen LogP contribution in [0.4, 0.5) is 9.52 Å². The average molecular weight is 475 g/mol. The van der Waals surface area contributed by atoms with Crippen LogP contribution in [0.2, 0.25) is 0 Å². The molecule has 1 aromatic heterocycles. The summed E-state index contributed by atoms with van der Waals surface area (Å²) in [6.45, 7) is 2.13. The first-order chi connectivity index (χ1) is 15.3. The van der Waals surface area contributed by atoms with Gasteiger partial charge in [0.15, 0.2) is 5.13 Å². The third-order valence-electron chi connectivity index (χ3n) is 5.19. The van der Waals surface area contributed by atoms with Gasteiger partial charge in [0.05, 0.1) is 17.1 Å². The van der Waals surface area contributed by atoms with Crippen LogP contribution in [0.1, 0.15) is 16.1 Å². The summed E-state index contributed by atoms with van der Waals surface area (Å²) in [5.74, 6) is -1.01. The number of rotatable bonds is 7. The smallest absolute Gasteiger partial charge is 0.243 e. The van der Waals surface area contributed by atoms with E-state index in [1.165, 1.54) is 36.1 Å². The Morgan fingerprint density at radius 3 is 2.62 bits per heavy atom. The summed E-state index contributed by atoms with van der Waals surface area (Å²) < 4.78 is 39.2. The first-order valence-electron chi connectivity index (χ1n) is 10.1. The maximum absolute atomic E-state index is 13.1. The molecule has 0 saturated heterocycles. The van der Waals surface area contributed by atoms with Gasteiger partial charge in [-0.05, 0) is 29.8 Å². The molecule has 168 valence electrons. The molecule has 1 amide bonds. The highest BCUT2D eigenvalue weighted by Crippen LogP contribution is 2.29. The van der Waals surface area contributed by atoms with Crippen molar-refractivity contribution in [1.82, 2.24) is 14.2 Å². The maximum atomic E-state index is 13.1. The Morgan fingerprint density at radius 2 is 1.91 bits per heavy atom. The van der Waals surface area contributed by atoms with Crippen molar-refractivity contribution in [2.45, 2.75) is 24.4 Å². The van der Waals surface area contributed by atoms with Crippen molar-refractivity contribution in [3.05, 3.63) is 76.5 Å². The zero-order valence-electron chi connectivity index (χ0n) is 17.5. The molecule has 0 spiro atoms. The SMILES string of the molecule is CN(CC(=O)Nc1nc2c(s1)CN(Cc1ccccc1)CC2)S(=O)(=O)c1ccc(F)cc1. The van der Waals surface area contributed by atoms with Crippen LogP contribution in [0.25, 0.3) is 0 Å². The Morgan fingerprint density at radius 1 is 1.19 bits per heavy atom. The molecule has 0 aliphatic carbocycles. The van der Waals surface area contributed by atoms with Crippen LogP contribution in [-0.4, -0.2) is 48.7 Å². The molecule has 1 aliphatic rings. The van der Waals surface area contributed by atoms with Crippen molar-refractivity contribution < 1.29 is 17.6 Å². The van der Waals surface area contributed by atoms with Crippen LogP contribution in [0.5, 0.6) is 0 Å². The molecule has 4 rings (SSSR count). The second-order valence-corrected chi connectivity index (χ2v) is 10.7. The van der Waals surface area contributed by atoms with Gasteiger partial charge in [0, 0.05) is 38.0 Å². The molecule has 32 heavy (non-hydrogen) atoms. The van der Waals surface area contributed by atoms with Crippen LogP contribution in [0, 0.1) is 5.82 Å². The minimum Gasteiger partial charge on any atom is -0.301 e. The summed E-state index contributed by atoms with van der Waals surface area (Å²) in [5, 5.41) is 3.18. The van der Waals surface area contributed by atoms with Crippen molar-refractivity contribution >= 4 is 32.4 Å². The first kappa shape index (κ1) is 22.5. The molecule has 2 aromatic carbocycles. The number of hydrogen-bond acceptors (Lipinski definition) is 6.